The second-order valence-electron chi connectivity index (χ2n) is 4.73. The van der Waals surface area contributed by atoms with Gasteiger partial charge < -0.3 is 9.94 Å². The van der Waals surface area contributed by atoms with Crippen LogP contribution >= 0.6 is 11.6 Å². The molecule has 2 rings (SSSR count). The lowest BCUT2D eigenvalue weighted by Gasteiger charge is -2.10. The summed E-state index contributed by atoms with van der Waals surface area (Å²) in [6.07, 6.45) is 0.814. The van der Waals surface area contributed by atoms with Crippen LogP contribution in [-0.4, -0.2) is 16.8 Å². The summed E-state index contributed by atoms with van der Waals surface area (Å²) in [5.41, 5.74) is 2.61. The summed E-state index contributed by atoms with van der Waals surface area (Å²) in [4.78, 5) is 15.8. The molecule has 5 heteroatoms. The van der Waals surface area contributed by atoms with Gasteiger partial charge in [0.1, 0.15) is 11.5 Å². The highest BCUT2D eigenvalue weighted by Crippen LogP contribution is 2.24. The summed E-state index contributed by atoms with van der Waals surface area (Å²) < 4.78 is 0. The summed E-state index contributed by atoms with van der Waals surface area (Å²) in [6.45, 7) is 3.28. The molecule has 0 fully saturated rings. The van der Waals surface area contributed by atoms with Crippen molar-refractivity contribution in [2.24, 2.45) is 5.16 Å². The number of aryl methyl sites for hydroxylation is 1. The number of phenolic OH excluding ortho intramolecular Hbond substituents is 1. The molecule has 0 saturated carbocycles. The predicted octanol–water partition coefficient (Wildman–Crippen LogP) is 3.92. The molecule has 0 aliphatic carbocycles. The minimum atomic E-state index is -0.530. The summed E-state index contributed by atoms with van der Waals surface area (Å²) in [6, 6.07) is 12.2. The zero-order chi connectivity index (χ0) is 16.1. The molecule has 0 bridgehead atoms. The smallest absolute Gasteiger partial charge is 0.332 e. The van der Waals surface area contributed by atoms with Crippen molar-refractivity contribution in [3.05, 3.63) is 64.2 Å². The Kier molecular flexibility index (Phi) is 5.17. The number of benzene rings is 2. The van der Waals surface area contributed by atoms with Crippen LogP contribution in [0.3, 0.4) is 0 Å². The van der Waals surface area contributed by atoms with Crippen LogP contribution < -0.4 is 0 Å². The Labute approximate surface area is 134 Å². The summed E-state index contributed by atoms with van der Waals surface area (Å²) in [5, 5.41) is 14.6. The van der Waals surface area contributed by atoms with E-state index in [1.165, 1.54) is 6.92 Å². The number of hydrogen-bond donors (Lipinski definition) is 1. The van der Waals surface area contributed by atoms with Gasteiger partial charge in [-0.05, 0) is 36.2 Å². The molecular weight excluding hydrogens is 302 g/mol. The first-order chi connectivity index (χ1) is 10.5. The van der Waals surface area contributed by atoms with Crippen LogP contribution in [0.5, 0.6) is 5.75 Å². The highest BCUT2D eigenvalue weighted by atomic mass is 35.5. The van der Waals surface area contributed by atoms with Gasteiger partial charge in [0.15, 0.2) is 0 Å². The largest absolute Gasteiger partial charge is 0.507 e. The Morgan fingerprint density at radius 1 is 1.23 bits per heavy atom. The van der Waals surface area contributed by atoms with Crippen LogP contribution in [0.4, 0.5) is 0 Å². The lowest BCUT2D eigenvalue weighted by Crippen LogP contribution is -2.07. The first kappa shape index (κ1) is 16.0. The SMILES string of the molecule is CCc1ccc(O)c(/C(=N\OC(C)=O)c2ccc(Cl)cc2)c1. The van der Waals surface area contributed by atoms with Crippen molar-refractivity contribution < 1.29 is 14.7 Å². The van der Waals surface area contributed by atoms with E-state index in [9.17, 15) is 9.90 Å². The monoisotopic (exact) mass is 317 g/mol. The molecule has 0 heterocycles. The second kappa shape index (κ2) is 7.09. The molecule has 1 N–H and O–H groups in total. The zero-order valence-corrected chi connectivity index (χ0v) is 13.1. The van der Waals surface area contributed by atoms with Gasteiger partial charge in [0.2, 0.25) is 0 Å². The first-order valence-corrected chi connectivity index (χ1v) is 7.23. The maximum atomic E-state index is 11.1. The van der Waals surface area contributed by atoms with E-state index in [4.69, 9.17) is 16.4 Å². The van der Waals surface area contributed by atoms with Crippen LogP contribution in [0.15, 0.2) is 47.6 Å². The molecule has 2 aromatic rings. The zero-order valence-electron chi connectivity index (χ0n) is 12.3. The molecule has 0 unspecified atom stereocenters. The number of phenols is 1. The summed E-state index contributed by atoms with van der Waals surface area (Å²) >= 11 is 5.89. The van der Waals surface area contributed by atoms with E-state index >= 15 is 0 Å². The van der Waals surface area contributed by atoms with Gasteiger partial charge in [-0.15, -0.1) is 0 Å². The number of rotatable bonds is 4. The van der Waals surface area contributed by atoms with Gasteiger partial charge in [-0.1, -0.05) is 41.9 Å². The van der Waals surface area contributed by atoms with Crippen molar-refractivity contribution in [2.75, 3.05) is 0 Å². The number of aromatic hydroxyl groups is 1. The second-order valence-corrected chi connectivity index (χ2v) is 5.17. The Balaban J connectivity index is 2.55. The molecule has 4 nitrogen and oxygen atoms in total. The van der Waals surface area contributed by atoms with E-state index in [0.29, 0.717) is 21.9 Å². The molecule has 0 aliphatic rings. The number of hydrogen-bond acceptors (Lipinski definition) is 4. The number of carbonyl (C=O) groups is 1. The van der Waals surface area contributed by atoms with Gasteiger partial charge >= 0.3 is 5.97 Å². The number of halogens is 1. The lowest BCUT2D eigenvalue weighted by molar-refractivity contribution is -0.140. The fraction of sp³-hybridized carbons (Fsp3) is 0.176. The number of carbonyl (C=O) groups excluding carboxylic acids is 1. The first-order valence-electron chi connectivity index (χ1n) is 6.85. The molecule has 0 radical (unpaired) electrons. The Morgan fingerprint density at radius 3 is 2.50 bits per heavy atom. The summed E-state index contributed by atoms with van der Waals surface area (Å²) in [5.74, 6) is -0.462. The number of oxime groups is 1. The van der Waals surface area contributed by atoms with Crippen LogP contribution in [-0.2, 0) is 16.1 Å². The van der Waals surface area contributed by atoms with Gasteiger partial charge in [0.25, 0.3) is 0 Å². The Hall–Kier alpha value is -2.33. The lowest BCUT2D eigenvalue weighted by atomic mass is 9.99. The van der Waals surface area contributed by atoms with Crippen molar-refractivity contribution >= 4 is 23.3 Å². The minimum absolute atomic E-state index is 0.0676. The van der Waals surface area contributed by atoms with E-state index in [1.807, 2.05) is 19.1 Å². The van der Waals surface area contributed by atoms with Gasteiger partial charge in [-0.3, -0.25) is 0 Å². The third-order valence-corrected chi connectivity index (χ3v) is 3.36. The topological polar surface area (TPSA) is 58.9 Å². The number of nitrogens with zero attached hydrogens (tertiary/aromatic N) is 1. The van der Waals surface area contributed by atoms with Crippen LogP contribution in [0.25, 0.3) is 0 Å². The standard InChI is InChI=1S/C17H16ClNO3/c1-3-12-4-9-16(21)15(10-12)17(19-22-11(2)20)13-5-7-14(18)8-6-13/h4-10,21H,3H2,1-2H3/b19-17-. The molecule has 114 valence electrons. The minimum Gasteiger partial charge on any atom is -0.507 e. The van der Waals surface area contributed by atoms with Gasteiger partial charge in [0.05, 0.1) is 0 Å². The molecule has 2 aromatic carbocycles. The third-order valence-electron chi connectivity index (χ3n) is 3.11. The molecule has 0 spiro atoms. The maximum Gasteiger partial charge on any atom is 0.332 e. The highest BCUT2D eigenvalue weighted by Gasteiger charge is 2.14. The van der Waals surface area contributed by atoms with Gasteiger partial charge in [-0.25, -0.2) is 4.79 Å². The fourth-order valence-corrected chi connectivity index (χ4v) is 2.09. The molecule has 0 amide bonds. The maximum absolute atomic E-state index is 11.1. The van der Waals surface area contributed by atoms with E-state index in [-0.39, 0.29) is 5.75 Å². The van der Waals surface area contributed by atoms with Gasteiger partial charge in [0, 0.05) is 23.1 Å². The van der Waals surface area contributed by atoms with Crippen molar-refractivity contribution in [3.8, 4) is 5.75 Å². The molecule has 22 heavy (non-hydrogen) atoms. The third kappa shape index (κ3) is 3.86. The van der Waals surface area contributed by atoms with E-state index in [0.717, 1.165) is 12.0 Å². The average Bonchev–Trinajstić information content (AvgIpc) is 2.50. The Bertz CT molecular complexity index is 708. The quantitative estimate of drug-likeness (QED) is 0.528. The van der Waals surface area contributed by atoms with Crippen molar-refractivity contribution in [3.63, 3.8) is 0 Å². The van der Waals surface area contributed by atoms with E-state index in [2.05, 4.69) is 5.16 Å². The van der Waals surface area contributed by atoms with E-state index in [1.54, 1.807) is 30.3 Å². The van der Waals surface area contributed by atoms with Crippen molar-refractivity contribution in [1.29, 1.82) is 0 Å². The summed E-state index contributed by atoms with van der Waals surface area (Å²) in [7, 11) is 0. The molecular formula is C17H16ClNO3. The normalized spacial score (nSPS) is 11.3. The van der Waals surface area contributed by atoms with Crippen LogP contribution in [0, 0.1) is 0 Å². The molecule has 0 aliphatic heterocycles. The molecule has 0 atom stereocenters. The van der Waals surface area contributed by atoms with Crippen molar-refractivity contribution in [2.45, 2.75) is 20.3 Å². The predicted molar refractivity (Wildman–Crippen MR) is 86.3 cm³/mol. The molecule has 0 aromatic heterocycles. The van der Waals surface area contributed by atoms with Crippen molar-refractivity contribution in [1.82, 2.24) is 0 Å². The van der Waals surface area contributed by atoms with E-state index < -0.39 is 5.97 Å². The van der Waals surface area contributed by atoms with Crippen LogP contribution in [0.1, 0.15) is 30.5 Å². The molecule has 0 saturated heterocycles. The van der Waals surface area contributed by atoms with Gasteiger partial charge in [-0.2, -0.15) is 0 Å². The average molecular weight is 318 g/mol. The fourth-order valence-electron chi connectivity index (χ4n) is 1.97. The Morgan fingerprint density at radius 2 is 1.91 bits per heavy atom. The highest BCUT2D eigenvalue weighted by molar-refractivity contribution is 6.30. The van der Waals surface area contributed by atoms with Crippen LogP contribution in [0.2, 0.25) is 5.02 Å².